The van der Waals surface area contributed by atoms with Gasteiger partial charge in [0.2, 0.25) is 29.5 Å². The summed E-state index contributed by atoms with van der Waals surface area (Å²) in [4.78, 5) is 73.4. The number of carboxylic acid groups (broad SMARTS) is 1. The third-order valence-corrected chi connectivity index (χ3v) is 4.07. The molecule has 3 atom stereocenters. The number of guanidine groups is 1. The van der Waals surface area contributed by atoms with Gasteiger partial charge in [0.25, 0.3) is 0 Å². The molecule has 33 heavy (non-hydrogen) atoms. The van der Waals surface area contributed by atoms with Crippen LogP contribution in [-0.4, -0.2) is 77.8 Å². The molecule has 3 unspecified atom stereocenters. The van der Waals surface area contributed by atoms with Crippen molar-refractivity contribution in [3.63, 3.8) is 0 Å². The zero-order valence-electron chi connectivity index (χ0n) is 17.9. The number of aliphatic imine (C=N–C) groups is 1. The standard InChI is InChI=1S/C17H31N9O7/c18-8(6-12(20)28)14(30)26-9(3-4-11(19)27)15(31)24-7-13(29)25-10(16(32)33)2-1-5-23-17(21)22/h8-10H,1-7,18H2,(H2,19,27)(H2,20,28)(H,24,31)(H,25,29)(H,26,30)(H,32,33)(H4,21,22,23). The van der Waals surface area contributed by atoms with Crippen molar-refractivity contribution in [2.24, 2.45) is 33.7 Å². The first-order valence-corrected chi connectivity index (χ1v) is 9.81. The predicted octanol–water partition coefficient (Wildman–Crippen LogP) is -5.32. The number of aliphatic carboxylic acids is 1. The van der Waals surface area contributed by atoms with Gasteiger partial charge in [-0.05, 0) is 19.3 Å². The first-order valence-electron chi connectivity index (χ1n) is 9.81. The second-order valence-corrected chi connectivity index (χ2v) is 6.97. The van der Waals surface area contributed by atoms with E-state index < -0.39 is 66.6 Å². The van der Waals surface area contributed by atoms with Gasteiger partial charge in [0.15, 0.2) is 5.96 Å². The second kappa shape index (κ2) is 15.0. The Morgan fingerprint density at radius 2 is 1.48 bits per heavy atom. The molecular formula is C17H31N9O7. The van der Waals surface area contributed by atoms with Crippen LogP contribution in [0.3, 0.4) is 0 Å². The Morgan fingerprint density at radius 1 is 0.848 bits per heavy atom. The SMILES string of the molecule is NC(=O)CCC(NC(=O)C(N)CC(N)=O)C(=O)NCC(=O)NC(CCCN=C(N)N)C(=O)O. The Bertz CT molecular complexity index is 768. The van der Waals surface area contributed by atoms with Crippen molar-refractivity contribution in [3.8, 4) is 0 Å². The molecule has 0 spiro atoms. The number of nitrogens with zero attached hydrogens (tertiary/aromatic N) is 1. The van der Waals surface area contributed by atoms with Gasteiger partial charge in [0, 0.05) is 13.0 Å². The number of carbonyl (C=O) groups is 6. The maximum Gasteiger partial charge on any atom is 0.326 e. The molecule has 0 aliphatic rings. The lowest BCUT2D eigenvalue weighted by molar-refractivity contribution is -0.142. The molecule has 0 aromatic heterocycles. The first kappa shape index (κ1) is 29.1. The molecule has 0 heterocycles. The highest BCUT2D eigenvalue weighted by Crippen LogP contribution is 2.01. The lowest BCUT2D eigenvalue weighted by Crippen LogP contribution is -2.54. The van der Waals surface area contributed by atoms with E-state index in [2.05, 4.69) is 20.9 Å². The molecule has 0 aliphatic heterocycles. The van der Waals surface area contributed by atoms with E-state index in [1.165, 1.54) is 0 Å². The Kier molecular flexibility index (Phi) is 13.2. The quantitative estimate of drug-likeness (QED) is 0.0582. The minimum Gasteiger partial charge on any atom is -0.480 e. The van der Waals surface area contributed by atoms with Crippen molar-refractivity contribution in [1.29, 1.82) is 0 Å². The molecular weight excluding hydrogens is 442 g/mol. The van der Waals surface area contributed by atoms with Crippen molar-refractivity contribution >= 4 is 41.5 Å². The summed E-state index contributed by atoms with van der Waals surface area (Å²) >= 11 is 0. The van der Waals surface area contributed by atoms with E-state index in [1.54, 1.807) is 0 Å². The lowest BCUT2D eigenvalue weighted by Gasteiger charge is -2.20. The molecule has 5 amide bonds. The number of hydrogen-bond donors (Lipinski definition) is 9. The van der Waals surface area contributed by atoms with Gasteiger partial charge < -0.3 is 49.7 Å². The fourth-order valence-electron chi connectivity index (χ4n) is 2.44. The highest BCUT2D eigenvalue weighted by atomic mass is 16.4. The maximum atomic E-state index is 12.4. The van der Waals surface area contributed by atoms with Crippen LogP contribution < -0.4 is 44.6 Å². The van der Waals surface area contributed by atoms with Crippen LogP contribution in [0.5, 0.6) is 0 Å². The van der Waals surface area contributed by atoms with Crippen LogP contribution in [0, 0.1) is 0 Å². The zero-order chi connectivity index (χ0) is 25.6. The number of amides is 5. The largest absolute Gasteiger partial charge is 0.480 e. The van der Waals surface area contributed by atoms with Crippen LogP contribution >= 0.6 is 0 Å². The Hall–Kier alpha value is -3.95. The molecule has 186 valence electrons. The number of nitrogens with two attached hydrogens (primary N) is 5. The van der Waals surface area contributed by atoms with E-state index in [0.717, 1.165) is 0 Å². The summed E-state index contributed by atoms with van der Waals surface area (Å²) in [6, 6.07) is -3.88. The molecule has 0 bridgehead atoms. The fourth-order valence-corrected chi connectivity index (χ4v) is 2.44. The average molecular weight is 473 g/mol. The molecule has 16 nitrogen and oxygen atoms in total. The van der Waals surface area contributed by atoms with E-state index in [-0.39, 0.29) is 38.2 Å². The van der Waals surface area contributed by atoms with Gasteiger partial charge in [-0.3, -0.25) is 29.0 Å². The van der Waals surface area contributed by atoms with Crippen LogP contribution in [0.4, 0.5) is 0 Å². The van der Waals surface area contributed by atoms with Crippen LogP contribution in [0.2, 0.25) is 0 Å². The summed E-state index contributed by atoms with van der Waals surface area (Å²) in [5.41, 5.74) is 25.9. The molecule has 0 aromatic carbocycles. The summed E-state index contributed by atoms with van der Waals surface area (Å²) in [5.74, 6) is -5.58. The second-order valence-electron chi connectivity index (χ2n) is 6.97. The van der Waals surface area contributed by atoms with E-state index in [4.69, 9.17) is 28.7 Å². The summed E-state index contributed by atoms with van der Waals surface area (Å²) in [6.07, 6.45) is -0.653. The van der Waals surface area contributed by atoms with Crippen LogP contribution in [0.25, 0.3) is 0 Å². The smallest absolute Gasteiger partial charge is 0.326 e. The summed E-state index contributed by atoms with van der Waals surface area (Å²) in [6.45, 7) is -0.454. The van der Waals surface area contributed by atoms with Gasteiger partial charge in [-0.15, -0.1) is 0 Å². The number of carboxylic acids is 1. The van der Waals surface area contributed by atoms with Crippen LogP contribution in [0.1, 0.15) is 32.1 Å². The number of nitrogens with one attached hydrogen (secondary N) is 3. The maximum absolute atomic E-state index is 12.4. The fraction of sp³-hybridized carbons (Fsp3) is 0.588. The topological polar surface area (TPSA) is 301 Å². The van der Waals surface area contributed by atoms with Gasteiger partial charge in [-0.2, -0.15) is 0 Å². The molecule has 0 aliphatic carbocycles. The van der Waals surface area contributed by atoms with Crippen LogP contribution in [-0.2, 0) is 28.8 Å². The highest BCUT2D eigenvalue weighted by molar-refractivity contribution is 5.94. The van der Waals surface area contributed by atoms with Crippen molar-refractivity contribution in [1.82, 2.24) is 16.0 Å². The number of primary amides is 2. The molecule has 16 heteroatoms. The van der Waals surface area contributed by atoms with E-state index in [9.17, 15) is 33.9 Å². The van der Waals surface area contributed by atoms with E-state index in [0.29, 0.717) is 0 Å². The van der Waals surface area contributed by atoms with Crippen molar-refractivity contribution in [2.45, 2.75) is 50.2 Å². The highest BCUT2D eigenvalue weighted by Gasteiger charge is 2.26. The molecule has 0 fully saturated rings. The van der Waals surface area contributed by atoms with Gasteiger partial charge in [0.05, 0.1) is 19.0 Å². The first-order chi connectivity index (χ1) is 15.3. The third kappa shape index (κ3) is 13.9. The molecule has 0 radical (unpaired) electrons. The Morgan fingerprint density at radius 3 is 2.00 bits per heavy atom. The van der Waals surface area contributed by atoms with Crippen molar-refractivity contribution in [2.75, 3.05) is 13.1 Å². The Balaban J connectivity index is 4.88. The summed E-state index contributed by atoms with van der Waals surface area (Å²) < 4.78 is 0. The van der Waals surface area contributed by atoms with Crippen molar-refractivity contribution < 1.29 is 33.9 Å². The van der Waals surface area contributed by atoms with Gasteiger partial charge in [-0.25, -0.2) is 4.79 Å². The molecule has 0 saturated heterocycles. The van der Waals surface area contributed by atoms with Crippen molar-refractivity contribution in [3.05, 3.63) is 0 Å². The monoisotopic (exact) mass is 473 g/mol. The molecule has 0 aromatic rings. The third-order valence-electron chi connectivity index (χ3n) is 4.07. The summed E-state index contributed by atoms with van der Waals surface area (Å²) in [5, 5.41) is 15.9. The number of hydrogen-bond acceptors (Lipinski definition) is 8. The lowest BCUT2D eigenvalue weighted by atomic mass is 10.1. The normalized spacial score (nSPS) is 13.0. The van der Waals surface area contributed by atoms with E-state index >= 15 is 0 Å². The summed E-state index contributed by atoms with van der Waals surface area (Å²) in [7, 11) is 0. The van der Waals surface area contributed by atoms with E-state index in [1.807, 2.05) is 0 Å². The molecule has 0 saturated carbocycles. The predicted molar refractivity (Wildman–Crippen MR) is 115 cm³/mol. The van der Waals surface area contributed by atoms with Gasteiger partial charge in [0.1, 0.15) is 12.1 Å². The number of carbonyl (C=O) groups excluding carboxylic acids is 5. The van der Waals surface area contributed by atoms with Crippen LogP contribution in [0.15, 0.2) is 4.99 Å². The van der Waals surface area contributed by atoms with Gasteiger partial charge >= 0.3 is 5.97 Å². The average Bonchev–Trinajstić information content (AvgIpc) is 2.70. The minimum atomic E-state index is -1.33. The zero-order valence-corrected chi connectivity index (χ0v) is 17.9. The molecule has 0 rings (SSSR count). The number of rotatable bonds is 16. The minimum absolute atomic E-state index is 0.0286. The molecule has 14 N–H and O–H groups in total. The van der Waals surface area contributed by atoms with Gasteiger partial charge in [-0.1, -0.05) is 0 Å². The Labute approximate surface area is 189 Å².